The SMILES string of the molecule is CCCCCCCCOc1ccc(NC(=O)C[NH+](CC)CC)cc1CNC(=O)C[NH+](CC)CC.[Cl-].[Cl-]. The normalized spacial score (nSPS) is 10.5. The van der Waals surface area contributed by atoms with E-state index in [0.717, 1.165) is 49.6 Å². The number of amides is 2. The third-order valence-electron chi connectivity index (χ3n) is 6.40. The fourth-order valence-corrected chi connectivity index (χ4v) is 3.92. The van der Waals surface area contributed by atoms with Crippen LogP contribution in [0, 0.1) is 0 Å². The van der Waals surface area contributed by atoms with Crippen LogP contribution in [0.15, 0.2) is 18.2 Å². The van der Waals surface area contributed by atoms with Crippen molar-refractivity contribution in [3.05, 3.63) is 23.8 Å². The van der Waals surface area contributed by atoms with Crippen LogP contribution in [0.3, 0.4) is 0 Å². The molecule has 0 atom stereocenters. The van der Waals surface area contributed by atoms with Crippen molar-refractivity contribution in [1.29, 1.82) is 0 Å². The molecule has 0 spiro atoms. The van der Waals surface area contributed by atoms with E-state index < -0.39 is 0 Å². The van der Waals surface area contributed by atoms with Crippen molar-refractivity contribution in [2.24, 2.45) is 0 Å². The van der Waals surface area contributed by atoms with Gasteiger partial charge in [-0.1, -0.05) is 39.0 Å². The Hall–Kier alpha value is -1.54. The van der Waals surface area contributed by atoms with E-state index in [2.05, 4.69) is 45.3 Å². The number of carbonyl (C=O) groups is 2. The molecule has 210 valence electrons. The average Bonchev–Trinajstić information content (AvgIpc) is 2.84. The number of carbonyl (C=O) groups excluding carboxylic acids is 2. The number of ether oxygens (including phenoxy) is 1. The molecule has 0 aliphatic rings. The molecule has 7 nitrogen and oxygen atoms in total. The van der Waals surface area contributed by atoms with E-state index in [4.69, 9.17) is 4.74 Å². The molecule has 4 N–H and O–H groups in total. The fourth-order valence-electron chi connectivity index (χ4n) is 3.92. The molecule has 1 aromatic rings. The number of nitrogens with one attached hydrogen (secondary N) is 4. The van der Waals surface area contributed by atoms with Gasteiger partial charge < -0.3 is 50.0 Å². The highest BCUT2D eigenvalue weighted by molar-refractivity contribution is 5.91. The Morgan fingerprint density at radius 3 is 1.92 bits per heavy atom. The Morgan fingerprint density at radius 1 is 0.778 bits per heavy atom. The van der Waals surface area contributed by atoms with E-state index in [9.17, 15) is 9.59 Å². The molecule has 0 unspecified atom stereocenters. The highest BCUT2D eigenvalue weighted by Gasteiger charge is 2.14. The van der Waals surface area contributed by atoms with Gasteiger partial charge in [-0.05, 0) is 52.3 Å². The van der Waals surface area contributed by atoms with Gasteiger partial charge in [-0.15, -0.1) is 0 Å². The van der Waals surface area contributed by atoms with Crippen molar-refractivity contribution in [3.8, 4) is 5.75 Å². The monoisotopic (exact) mass is 548 g/mol. The van der Waals surface area contributed by atoms with Crippen LogP contribution in [0.4, 0.5) is 5.69 Å². The van der Waals surface area contributed by atoms with Crippen molar-refractivity contribution in [1.82, 2.24) is 5.32 Å². The molecule has 0 aliphatic carbocycles. The second kappa shape index (κ2) is 22.6. The summed E-state index contributed by atoms with van der Waals surface area (Å²) in [5.74, 6) is 0.802. The number of hydrogen-bond donors (Lipinski definition) is 4. The fraction of sp³-hybridized carbons (Fsp3) is 0.704. The maximum absolute atomic E-state index is 12.5. The summed E-state index contributed by atoms with van der Waals surface area (Å²) in [6.07, 6.45) is 7.26. The van der Waals surface area contributed by atoms with Gasteiger partial charge in [0.25, 0.3) is 11.8 Å². The van der Waals surface area contributed by atoms with Crippen LogP contribution in [-0.2, 0) is 16.1 Å². The van der Waals surface area contributed by atoms with Crippen molar-refractivity contribution in [2.45, 2.75) is 79.7 Å². The first-order chi connectivity index (χ1) is 16.5. The lowest BCUT2D eigenvalue weighted by atomic mass is 10.1. The largest absolute Gasteiger partial charge is 1.00 e. The number of likely N-dealkylation sites (N-methyl/N-ethyl adjacent to an activating group) is 2. The lowest BCUT2D eigenvalue weighted by molar-refractivity contribution is -0.888. The van der Waals surface area contributed by atoms with Gasteiger partial charge in [-0.3, -0.25) is 9.59 Å². The van der Waals surface area contributed by atoms with Crippen LogP contribution < -0.4 is 50.0 Å². The number of anilines is 1. The molecule has 0 heterocycles. The van der Waals surface area contributed by atoms with Gasteiger partial charge in [0.15, 0.2) is 13.1 Å². The summed E-state index contributed by atoms with van der Waals surface area (Å²) in [5, 5.41) is 6.05. The van der Waals surface area contributed by atoms with Gasteiger partial charge in [0, 0.05) is 17.8 Å². The minimum atomic E-state index is -0.000401. The Bertz CT molecular complexity index is 714. The van der Waals surface area contributed by atoms with E-state index in [0.29, 0.717) is 26.2 Å². The highest BCUT2D eigenvalue weighted by atomic mass is 35.5. The third kappa shape index (κ3) is 15.5. The Kier molecular flexibility index (Phi) is 23.0. The number of hydrogen-bond acceptors (Lipinski definition) is 3. The summed E-state index contributed by atoms with van der Waals surface area (Å²) in [5.41, 5.74) is 1.63. The van der Waals surface area contributed by atoms with E-state index in [-0.39, 0.29) is 36.6 Å². The predicted molar refractivity (Wildman–Crippen MR) is 140 cm³/mol. The molecular formula is C27H50Cl2N4O3. The molecule has 2 amide bonds. The van der Waals surface area contributed by atoms with Gasteiger partial charge >= 0.3 is 0 Å². The smallest absolute Gasteiger partial charge is 0.279 e. The minimum Gasteiger partial charge on any atom is -1.00 e. The first kappa shape index (κ1) is 36.6. The summed E-state index contributed by atoms with van der Waals surface area (Å²) in [6.45, 7) is 16.2. The summed E-state index contributed by atoms with van der Waals surface area (Å²) >= 11 is 0. The molecule has 9 heteroatoms. The maximum Gasteiger partial charge on any atom is 0.279 e. The minimum absolute atomic E-state index is 0. The second-order valence-electron chi connectivity index (χ2n) is 9.03. The Balaban J connectivity index is 0. The molecule has 0 aromatic heterocycles. The van der Waals surface area contributed by atoms with Crippen molar-refractivity contribution in [2.75, 3.05) is 51.2 Å². The van der Waals surface area contributed by atoms with Gasteiger partial charge in [0.05, 0.1) is 32.8 Å². The maximum atomic E-state index is 12.5. The van der Waals surface area contributed by atoms with E-state index in [1.165, 1.54) is 41.9 Å². The zero-order chi connectivity index (χ0) is 25.2. The topological polar surface area (TPSA) is 76.3 Å². The molecule has 0 bridgehead atoms. The van der Waals surface area contributed by atoms with Crippen molar-refractivity contribution < 1.29 is 48.9 Å². The zero-order valence-electron chi connectivity index (χ0n) is 23.1. The molecule has 0 aliphatic heterocycles. The number of rotatable bonds is 19. The number of benzene rings is 1. The molecule has 1 rings (SSSR count). The van der Waals surface area contributed by atoms with E-state index >= 15 is 0 Å². The van der Waals surface area contributed by atoms with Gasteiger partial charge in [-0.25, -0.2) is 0 Å². The van der Waals surface area contributed by atoms with Gasteiger partial charge in [-0.2, -0.15) is 0 Å². The van der Waals surface area contributed by atoms with Crippen LogP contribution in [0.5, 0.6) is 5.75 Å². The Morgan fingerprint density at radius 2 is 1.33 bits per heavy atom. The van der Waals surface area contributed by atoms with Crippen molar-refractivity contribution in [3.63, 3.8) is 0 Å². The van der Waals surface area contributed by atoms with Gasteiger partial charge in [0.2, 0.25) is 0 Å². The molecule has 0 radical (unpaired) electrons. The van der Waals surface area contributed by atoms with E-state index in [1.54, 1.807) is 0 Å². The average molecular weight is 550 g/mol. The Labute approximate surface area is 231 Å². The van der Waals surface area contributed by atoms with Crippen LogP contribution in [0.25, 0.3) is 0 Å². The standard InChI is InChI=1S/C27H48N4O3.2ClH/c1-6-11-12-13-14-15-18-34-25-17-16-24(29-27(33)22-31(9-4)10-5)19-23(25)20-28-26(32)21-30(7-2)8-3;;/h16-17,19H,6-15,18,20-22H2,1-5H3,(H,28,32)(H,29,33);2*1H. The van der Waals surface area contributed by atoms with Crippen LogP contribution >= 0.6 is 0 Å². The molecule has 36 heavy (non-hydrogen) atoms. The molecular weight excluding hydrogens is 499 g/mol. The van der Waals surface area contributed by atoms with Crippen molar-refractivity contribution >= 4 is 17.5 Å². The van der Waals surface area contributed by atoms with Crippen LogP contribution in [0.2, 0.25) is 0 Å². The van der Waals surface area contributed by atoms with Crippen LogP contribution in [-0.4, -0.2) is 57.7 Å². The number of halogens is 2. The van der Waals surface area contributed by atoms with E-state index in [1.807, 2.05) is 18.2 Å². The molecule has 1 aromatic carbocycles. The van der Waals surface area contributed by atoms with Crippen LogP contribution in [0.1, 0.15) is 78.7 Å². The second-order valence-corrected chi connectivity index (χ2v) is 9.03. The third-order valence-corrected chi connectivity index (χ3v) is 6.40. The number of quaternary nitrogens is 2. The summed E-state index contributed by atoms with van der Waals surface area (Å²) in [6, 6.07) is 5.72. The lowest BCUT2D eigenvalue weighted by Gasteiger charge is -2.17. The molecule has 0 saturated carbocycles. The zero-order valence-corrected chi connectivity index (χ0v) is 24.6. The highest BCUT2D eigenvalue weighted by Crippen LogP contribution is 2.23. The first-order valence-electron chi connectivity index (χ1n) is 13.5. The molecule has 0 fully saturated rings. The first-order valence-corrected chi connectivity index (χ1v) is 13.5. The predicted octanol–water partition coefficient (Wildman–Crippen LogP) is -4.16. The summed E-state index contributed by atoms with van der Waals surface area (Å²) in [4.78, 5) is 27.4. The van der Waals surface area contributed by atoms with Gasteiger partial charge in [0.1, 0.15) is 5.75 Å². The number of unbranched alkanes of at least 4 members (excludes halogenated alkanes) is 5. The molecule has 0 saturated heterocycles. The summed E-state index contributed by atoms with van der Waals surface area (Å²) in [7, 11) is 0. The summed E-state index contributed by atoms with van der Waals surface area (Å²) < 4.78 is 6.09. The lowest BCUT2D eigenvalue weighted by Crippen LogP contribution is -3.12. The quantitative estimate of drug-likeness (QED) is 0.133.